The van der Waals surface area contributed by atoms with E-state index in [0.29, 0.717) is 16.5 Å². The molecule has 0 fully saturated rings. The number of benzene rings is 1. The average molecular weight is 337 g/mol. The number of rotatable bonds is 7. The van der Waals surface area contributed by atoms with E-state index in [4.69, 9.17) is 16.0 Å². The van der Waals surface area contributed by atoms with E-state index in [1.807, 2.05) is 6.92 Å². The number of carboxylic acids is 1. The van der Waals surface area contributed by atoms with E-state index in [9.17, 15) is 14.7 Å². The fourth-order valence-electron chi connectivity index (χ4n) is 1.95. The number of furan rings is 1. The zero-order valence-corrected chi connectivity index (χ0v) is 13.3. The van der Waals surface area contributed by atoms with Crippen LogP contribution >= 0.6 is 11.6 Å². The number of halogens is 1. The Morgan fingerprint density at radius 3 is 2.74 bits per heavy atom. The maximum Gasteiger partial charge on any atom is 0.321 e. The first-order chi connectivity index (χ1) is 11.0. The van der Waals surface area contributed by atoms with Crippen molar-refractivity contribution in [2.24, 2.45) is 0 Å². The van der Waals surface area contributed by atoms with Gasteiger partial charge in [0.25, 0.3) is 0 Å². The molecule has 6 nitrogen and oxygen atoms in total. The standard InChI is InChI=1S/C16H17ClN2O4/c1-10-4-5-11(7-13(10)17)19-15(20)8-14(16(21)22)18-9-12-3-2-6-23-12/h2-7,14,18H,8-9H2,1H3,(H,19,20)(H,21,22). The Bertz CT molecular complexity index is 685. The summed E-state index contributed by atoms with van der Waals surface area (Å²) in [5.41, 5.74) is 1.42. The molecule has 2 aromatic rings. The van der Waals surface area contributed by atoms with E-state index in [1.165, 1.54) is 6.26 Å². The van der Waals surface area contributed by atoms with Gasteiger partial charge in [-0.3, -0.25) is 14.9 Å². The molecule has 0 radical (unpaired) electrons. The molecule has 1 amide bonds. The van der Waals surface area contributed by atoms with E-state index in [0.717, 1.165) is 5.56 Å². The second-order valence-corrected chi connectivity index (χ2v) is 5.47. The quantitative estimate of drug-likeness (QED) is 0.723. The van der Waals surface area contributed by atoms with Crippen molar-refractivity contribution in [3.63, 3.8) is 0 Å². The van der Waals surface area contributed by atoms with Crippen LogP contribution in [0.2, 0.25) is 5.02 Å². The number of nitrogens with one attached hydrogen (secondary N) is 2. The van der Waals surface area contributed by atoms with Crippen LogP contribution in [0, 0.1) is 6.92 Å². The molecule has 23 heavy (non-hydrogen) atoms. The van der Waals surface area contributed by atoms with Gasteiger partial charge in [-0.1, -0.05) is 17.7 Å². The Hall–Kier alpha value is -2.31. The van der Waals surface area contributed by atoms with Crippen LogP contribution in [0.4, 0.5) is 5.69 Å². The first-order valence-corrected chi connectivity index (χ1v) is 7.38. The Labute approximate surface area is 138 Å². The van der Waals surface area contributed by atoms with Crippen LogP contribution in [0.25, 0.3) is 0 Å². The second kappa shape index (κ2) is 7.80. The monoisotopic (exact) mass is 336 g/mol. The molecule has 0 bridgehead atoms. The lowest BCUT2D eigenvalue weighted by Crippen LogP contribution is -2.39. The third kappa shape index (κ3) is 5.12. The van der Waals surface area contributed by atoms with Crippen LogP contribution in [-0.2, 0) is 16.1 Å². The molecular formula is C16H17ClN2O4. The van der Waals surface area contributed by atoms with Gasteiger partial charge in [-0.05, 0) is 36.8 Å². The zero-order chi connectivity index (χ0) is 16.8. The molecule has 0 spiro atoms. The predicted octanol–water partition coefficient (Wildman–Crippen LogP) is 2.81. The summed E-state index contributed by atoms with van der Waals surface area (Å²) in [6.45, 7) is 2.08. The van der Waals surface area contributed by atoms with Crippen LogP contribution in [0.15, 0.2) is 41.0 Å². The molecule has 1 atom stereocenters. The summed E-state index contributed by atoms with van der Waals surface area (Å²) < 4.78 is 5.12. The highest BCUT2D eigenvalue weighted by Gasteiger charge is 2.21. The maximum absolute atomic E-state index is 12.0. The van der Waals surface area contributed by atoms with E-state index in [1.54, 1.807) is 30.3 Å². The lowest BCUT2D eigenvalue weighted by Gasteiger charge is -2.14. The van der Waals surface area contributed by atoms with Crippen LogP contribution in [0.5, 0.6) is 0 Å². The van der Waals surface area contributed by atoms with Crippen molar-refractivity contribution in [1.82, 2.24) is 5.32 Å². The Balaban J connectivity index is 1.91. The molecule has 0 saturated heterocycles. The number of aliphatic carboxylic acids is 1. The second-order valence-electron chi connectivity index (χ2n) is 5.07. The maximum atomic E-state index is 12.0. The molecule has 3 N–H and O–H groups in total. The van der Waals surface area contributed by atoms with Gasteiger partial charge in [-0.15, -0.1) is 0 Å². The first kappa shape index (κ1) is 17.1. The molecule has 1 aromatic carbocycles. The van der Waals surface area contributed by atoms with Gasteiger partial charge in [0.15, 0.2) is 0 Å². The highest BCUT2D eigenvalue weighted by molar-refractivity contribution is 6.31. The minimum Gasteiger partial charge on any atom is -0.480 e. The molecule has 1 unspecified atom stereocenters. The van der Waals surface area contributed by atoms with E-state index in [2.05, 4.69) is 10.6 Å². The van der Waals surface area contributed by atoms with E-state index >= 15 is 0 Å². The molecule has 1 heterocycles. The number of hydrogen-bond donors (Lipinski definition) is 3. The van der Waals surface area contributed by atoms with Gasteiger partial charge in [0, 0.05) is 10.7 Å². The van der Waals surface area contributed by atoms with Crippen molar-refractivity contribution in [3.05, 3.63) is 52.9 Å². The topological polar surface area (TPSA) is 91.6 Å². The van der Waals surface area contributed by atoms with Crippen LogP contribution < -0.4 is 10.6 Å². The minimum atomic E-state index is -1.10. The molecule has 122 valence electrons. The van der Waals surface area contributed by atoms with E-state index < -0.39 is 17.9 Å². The molecule has 1 aromatic heterocycles. The number of amides is 1. The summed E-state index contributed by atoms with van der Waals surface area (Å²) in [5, 5.41) is 15.2. The molecular weight excluding hydrogens is 320 g/mol. The largest absolute Gasteiger partial charge is 0.480 e. The van der Waals surface area contributed by atoms with Gasteiger partial charge in [-0.2, -0.15) is 0 Å². The lowest BCUT2D eigenvalue weighted by atomic mass is 10.1. The predicted molar refractivity (Wildman–Crippen MR) is 86.4 cm³/mol. The summed E-state index contributed by atoms with van der Waals surface area (Å²) in [5.74, 6) is -0.917. The number of anilines is 1. The Kier molecular flexibility index (Phi) is 5.78. The fraction of sp³-hybridized carbons (Fsp3) is 0.250. The van der Waals surface area contributed by atoms with E-state index in [-0.39, 0.29) is 13.0 Å². The van der Waals surface area contributed by atoms with Gasteiger partial charge in [-0.25, -0.2) is 0 Å². The summed E-state index contributed by atoms with van der Waals surface area (Å²) in [4.78, 5) is 23.3. The number of carbonyl (C=O) groups excluding carboxylic acids is 1. The average Bonchev–Trinajstić information content (AvgIpc) is 3.00. The summed E-state index contributed by atoms with van der Waals surface area (Å²) in [6, 6.07) is 7.54. The lowest BCUT2D eigenvalue weighted by molar-refractivity contribution is -0.141. The van der Waals surface area contributed by atoms with Crippen LogP contribution in [0.3, 0.4) is 0 Å². The Morgan fingerprint density at radius 2 is 2.13 bits per heavy atom. The highest BCUT2D eigenvalue weighted by atomic mass is 35.5. The van der Waals surface area contributed by atoms with Crippen molar-refractivity contribution in [2.75, 3.05) is 5.32 Å². The van der Waals surface area contributed by atoms with Gasteiger partial charge in [0.1, 0.15) is 11.8 Å². The number of carbonyl (C=O) groups is 2. The van der Waals surface area contributed by atoms with Gasteiger partial charge in [0.05, 0.1) is 19.2 Å². The number of carboxylic acid groups (broad SMARTS) is 1. The summed E-state index contributed by atoms with van der Waals surface area (Å²) in [6.07, 6.45) is 1.29. The van der Waals surface area contributed by atoms with Crippen molar-refractivity contribution >= 4 is 29.2 Å². The molecule has 2 rings (SSSR count). The summed E-state index contributed by atoms with van der Waals surface area (Å²) >= 11 is 5.99. The molecule has 0 aliphatic carbocycles. The number of aryl methyl sites for hydroxylation is 1. The van der Waals surface area contributed by atoms with Crippen LogP contribution in [0.1, 0.15) is 17.7 Å². The van der Waals surface area contributed by atoms with Crippen LogP contribution in [-0.4, -0.2) is 23.0 Å². The SMILES string of the molecule is Cc1ccc(NC(=O)CC(NCc2ccco2)C(=O)O)cc1Cl. The van der Waals surface area contributed by atoms with Gasteiger partial charge < -0.3 is 14.8 Å². The third-order valence-electron chi connectivity index (χ3n) is 3.25. The smallest absolute Gasteiger partial charge is 0.321 e. The first-order valence-electron chi connectivity index (χ1n) is 7.00. The van der Waals surface area contributed by atoms with Gasteiger partial charge in [0.2, 0.25) is 5.91 Å². The zero-order valence-electron chi connectivity index (χ0n) is 12.5. The minimum absolute atomic E-state index is 0.207. The van der Waals surface area contributed by atoms with Crippen molar-refractivity contribution in [3.8, 4) is 0 Å². The molecule has 0 aliphatic rings. The van der Waals surface area contributed by atoms with Gasteiger partial charge >= 0.3 is 5.97 Å². The molecule has 0 saturated carbocycles. The molecule has 0 aliphatic heterocycles. The highest BCUT2D eigenvalue weighted by Crippen LogP contribution is 2.20. The summed E-state index contributed by atoms with van der Waals surface area (Å²) in [7, 11) is 0. The fourth-order valence-corrected chi connectivity index (χ4v) is 2.13. The molecule has 7 heteroatoms. The third-order valence-corrected chi connectivity index (χ3v) is 3.65. The van der Waals surface area contributed by atoms with Crippen molar-refractivity contribution in [2.45, 2.75) is 25.9 Å². The number of hydrogen-bond acceptors (Lipinski definition) is 4. The normalized spacial score (nSPS) is 11.9. The van der Waals surface area contributed by atoms with Crippen molar-refractivity contribution < 1.29 is 19.1 Å². The van der Waals surface area contributed by atoms with Crippen molar-refractivity contribution in [1.29, 1.82) is 0 Å². The Morgan fingerprint density at radius 1 is 1.35 bits per heavy atom.